The third-order valence-electron chi connectivity index (χ3n) is 6.76. The Hall–Kier alpha value is -2.08. The fourth-order valence-corrected chi connectivity index (χ4v) is 9.24. The molecular weight excluding hydrogens is 533 g/mol. The van der Waals surface area contributed by atoms with E-state index in [0.717, 1.165) is 93.7 Å². The molecule has 10 heteroatoms. The van der Waals surface area contributed by atoms with Crippen LogP contribution in [0, 0.1) is 0 Å². The predicted molar refractivity (Wildman–Crippen MR) is 147 cm³/mol. The zero-order valence-electron chi connectivity index (χ0n) is 19.3. The number of rotatable bonds is 4. The molecule has 6 heterocycles. The van der Waals surface area contributed by atoms with Crippen molar-refractivity contribution in [1.82, 2.24) is 0 Å². The minimum atomic E-state index is 0.0765. The van der Waals surface area contributed by atoms with Gasteiger partial charge in [-0.25, -0.2) is 0 Å². The molecule has 0 spiro atoms. The zero-order valence-corrected chi connectivity index (χ0v) is 22.5. The van der Waals surface area contributed by atoms with Gasteiger partial charge in [0.25, 0.3) is 0 Å². The van der Waals surface area contributed by atoms with E-state index >= 15 is 0 Å². The number of hydrogen-bond acceptors (Lipinski definition) is 10. The Morgan fingerprint density at radius 3 is 1.44 bits per heavy atom. The van der Waals surface area contributed by atoms with Crippen molar-refractivity contribution in [1.29, 1.82) is 0 Å². The standard InChI is InChI=1S/C26H22N2O4S4/c29-25-23(17-1-3-21(33-17)27-5-9-31-10-6-27)15-13-20-16(14-19(15)35-25)24(26(30)36-20)18-2-4-22(34-18)28-7-11-32-12-8-28/h1-4,13-14H,5-12H2. The number of morpholine rings is 2. The Morgan fingerprint density at radius 2 is 1.03 bits per heavy atom. The SMILES string of the molecule is O=C1Sc2cc3c(cc2=C1c1ccc(N2CCOCC2)s1)SC(=O)C=3c1ccc(N2CCOCC2)s1. The van der Waals surface area contributed by atoms with Gasteiger partial charge in [0.2, 0.25) is 10.2 Å². The molecule has 0 amide bonds. The minimum Gasteiger partial charge on any atom is -0.378 e. The third kappa shape index (κ3) is 3.95. The highest BCUT2D eigenvalue weighted by atomic mass is 32.2. The number of fused-ring (bicyclic) bond motifs is 2. The molecule has 0 unspecified atom stereocenters. The first-order chi connectivity index (χ1) is 17.7. The van der Waals surface area contributed by atoms with Crippen molar-refractivity contribution in [3.63, 3.8) is 0 Å². The highest BCUT2D eigenvalue weighted by molar-refractivity contribution is 8.15. The molecule has 3 aromatic rings. The second kappa shape index (κ2) is 9.34. The van der Waals surface area contributed by atoms with E-state index in [-0.39, 0.29) is 10.2 Å². The van der Waals surface area contributed by atoms with E-state index in [4.69, 9.17) is 9.47 Å². The molecule has 184 valence electrons. The Morgan fingerprint density at radius 1 is 0.611 bits per heavy atom. The third-order valence-corrected chi connectivity index (χ3v) is 11.0. The summed E-state index contributed by atoms with van der Waals surface area (Å²) < 4.78 is 11.0. The first-order valence-corrected chi connectivity index (χ1v) is 15.2. The summed E-state index contributed by atoms with van der Waals surface area (Å²) in [7, 11) is 0. The number of thioether (sulfide) groups is 2. The van der Waals surface area contributed by atoms with Crippen LogP contribution in [0.4, 0.5) is 10.0 Å². The van der Waals surface area contributed by atoms with Crippen molar-refractivity contribution < 1.29 is 19.1 Å². The lowest BCUT2D eigenvalue weighted by Gasteiger charge is -2.27. The summed E-state index contributed by atoms with van der Waals surface area (Å²) in [6, 6.07) is 12.4. The molecule has 36 heavy (non-hydrogen) atoms. The van der Waals surface area contributed by atoms with Crippen LogP contribution in [0.5, 0.6) is 0 Å². The molecule has 2 aromatic heterocycles. The van der Waals surface area contributed by atoms with E-state index in [1.165, 1.54) is 33.5 Å². The van der Waals surface area contributed by atoms with Gasteiger partial charge in [-0.15, -0.1) is 22.7 Å². The highest BCUT2D eigenvalue weighted by Crippen LogP contribution is 2.40. The smallest absolute Gasteiger partial charge is 0.226 e. The van der Waals surface area contributed by atoms with E-state index in [1.807, 2.05) is 0 Å². The summed E-state index contributed by atoms with van der Waals surface area (Å²) in [6.07, 6.45) is 0. The fourth-order valence-electron chi connectivity index (χ4n) is 4.94. The van der Waals surface area contributed by atoms with Crippen LogP contribution in [0.3, 0.4) is 0 Å². The molecule has 0 aliphatic carbocycles. The van der Waals surface area contributed by atoms with Crippen LogP contribution < -0.4 is 20.2 Å². The van der Waals surface area contributed by atoms with Crippen molar-refractivity contribution in [2.45, 2.75) is 9.79 Å². The molecule has 0 saturated carbocycles. The molecule has 0 atom stereocenters. The average Bonchev–Trinajstić information content (AvgIpc) is 3.68. The second-order valence-corrected chi connectivity index (χ2v) is 13.0. The Bertz CT molecular complexity index is 1400. The molecule has 0 N–H and O–H groups in total. The van der Waals surface area contributed by atoms with Gasteiger partial charge in [0.1, 0.15) is 0 Å². The maximum atomic E-state index is 13.1. The number of carbonyl (C=O) groups excluding carboxylic acids is 2. The Labute approximate surface area is 224 Å². The van der Waals surface area contributed by atoms with E-state index in [9.17, 15) is 9.59 Å². The van der Waals surface area contributed by atoms with Gasteiger partial charge in [0, 0.05) is 56.2 Å². The van der Waals surface area contributed by atoms with Crippen LogP contribution in [0.15, 0.2) is 46.2 Å². The summed E-state index contributed by atoms with van der Waals surface area (Å²) >= 11 is 5.87. The number of hydrogen-bond donors (Lipinski definition) is 0. The van der Waals surface area contributed by atoms with Gasteiger partial charge < -0.3 is 19.3 Å². The predicted octanol–water partition coefficient (Wildman–Crippen LogP) is 3.15. The minimum absolute atomic E-state index is 0.0765. The van der Waals surface area contributed by atoms with Crippen LogP contribution in [0.1, 0.15) is 9.75 Å². The van der Waals surface area contributed by atoms with Crippen LogP contribution >= 0.6 is 46.2 Å². The molecule has 6 nitrogen and oxygen atoms in total. The van der Waals surface area contributed by atoms with Crippen LogP contribution in [-0.2, 0) is 19.1 Å². The fraction of sp³-hybridized carbons (Fsp3) is 0.308. The number of nitrogens with zero attached hydrogens (tertiary/aromatic N) is 2. The quantitative estimate of drug-likeness (QED) is 0.488. The number of anilines is 2. The van der Waals surface area contributed by atoms with Gasteiger partial charge in [-0.2, -0.15) is 0 Å². The van der Waals surface area contributed by atoms with Crippen LogP contribution in [0.2, 0.25) is 0 Å². The number of ether oxygens (including phenoxy) is 2. The molecule has 2 fully saturated rings. The molecule has 0 radical (unpaired) electrons. The molecule has 4 aliphatic rings. The van der Waals surface area contributed by atoms with Gasteiger partial charge >= 0.3 is 0 Å². The van der Waals surface area contributed by atoms with Gasteiger partial charge in [-0.1, -0.05) is 0 Å². The average molecular weight is 555 g/mol. The number of thiophene rings is 2. The lowest BCUT2D eigenvalue weighted by atomic mass is 10.1. The lowest BCUT2D eigenvalue weighted by molar-refractivity contribution is -0.106. The van der Waals surface area contributed by atoms with Crippen LogP contribution in [-0.4, -0.2) is 62.8 Å². The Kier molecular flexibility index (Phi) is 5.99. The number of benzene rings is 1. The molecule has 4 aliphatic heterocycles. The van der Waals surface area contributed by atoms with Crippen molar-refractivity contribution in [3.05, 3.63) is 56.6 Å². The summed E-state index contributed by atoms with van der Waals surface area (Å²) in [4.78, 5) is 34.8. The van der Waals surface area contributed by atoms with Gasteiger partial charge in [-0.05, 0) is 59.9 Å². The van der Waals surface area contributed by atoms with Gasteiger partial charge in [-0.3, -0.25) is 9.59 Å². The summed E-state index contributed by atoms with van der Waals surface area (Å²) in [6.45, 7) is 6.41. The lowest BCUT2D eigenvalue weighted by Crippen LogP contribution is -2.35. The topological polar surface area (TPSA) is 59.1 Å². The normalized spacial score (nSPS) is 19.9. The summed E-state index contributed by atoms with van der Waals surface area (Å²) in [5.41, 5.74) is 1.52. The molecule has 2 saturated heterocycles. The summed E-state index contributed by atoms with van der Waals surface area (Å²) in [5.74, 6) is 0. The van der Waals surface area contributed by atoms with Crippen molar-refractivity contribution in [2.24, 2.45) is 0 Å². The maximum absolute atomic E-state index is 13.1. The Balaban J connectivity index is 1.29. The van der Waals surface area contributed by atoms with E-state index in [1.54, 1.807) is 22.7 Å². The zero-order chi connectivity index (χ0) is 24.2. The molecule has 7 rings (SSSR count). The molecular formula is C26H22N2O4S4. The van der Waals surface area contributed by atoms with Crippen molar-refractivity contribution in [3.8, 4) is 0 Å². The summed E-state index contributed by atoms with van der Waals surface area (Å²) in [5, 5.41) is 4.38. The second-order valence-electron chi connectivity index (χ2n) is 8.85. The van der Waals surface area contributed by atoms with Crippen LogP contribution in [0.25, 0.3) is 11.1 Å². The van der Waals surface area contributed by atoms with E-state index in [2.05, 4.69) is 46.2 Å². The monoisotopic (exact) mass is 554 g/mol. The molecule has 1 aromatic carbocycles. The van der Waals surface area contributed by atoms with Crippen molar-refractivity contribution >= 4 is 77.6 Å². The molecule has 0 bridgehead atoms. The first-order valence-electron chi connectivity index (χ1n) is 11.9. The van der Waals surface area contributed by atoms with Gasteiger partial charge in [0.05, 0.1) is 47.6 Å². The highest BCUT2D eigenvalue weighted by Gasteiger charge is 2.31. The largest absolute Gasteiger partial charge is 0.378 e. The van der Waals surface area contributed by atoms with Crippen molar-refractivity contribution in [2.75, 3.05) is 62.4 Å². The van der Waals surface area contributed by atoms with E-state index in [0.29, 0.717) is 0 Å². The first kappa shape index (κ1) is 23.1. The number of carbonyl (C=O) groups is 2. The van der Waals surface area contributed by atoms with Gasteiger partial charge in [0.15, 0.2) is 0 Å². The van der Waals surface area contributed by atoms with E-state index < -0.39 is 0 Å². The maximum Gasteiger partial charge on any atom is 0.226 e.